The molecule has 0 saturated carbocycles. The number of hydrogen-bond acceptors (Lipinski definition) is 3. The van der Waals surface area contributed by atoms with Crippen LogP contribution in [0.2, 0.25) is 0 Å². The summed E-state index contributed by atoms with van der Waals surface area (Å²) in [5, 5.41) is 1.13. The number of benzene rings is 3. The van der Waals surface area contributed by atoms with Crippen molar-refractivity contribution in [3.05, 3.63) is 84.9 Å². The quantitative estimate of drug-likeness (QED) is 0.437. The molecule has 0 atom stereocenters. The van der Waals surface area contributed by atoms with E-state index >= 15 is 0 Å². The molecular weight excluding hydrogens is 338 g/mol. The molecule has 0 amide bonds. The van der Waals surface area contributed by atoms with Gasteiger partial charge in [0.25, 0.3) is 0 Å². The molecule has 0 bridgehead atoms. The molecule has 5 rings (SSSR count). The number of nitrogens with one attached hydrogen (secondary N) is 1. The molecule has 0 aliphatic rings. The van der Waals surface area contributed by atoms with Crippen LogP contribution >= 0.6 is 11.8 Å². The molecule has 124 valence electrons. The number of aromatic nitrogens is 3. The van der Waals surface area contributed by atoms with E-state index in [2.05, 4.69) is 59.6 Å². The first-order valence-corrected chi connectivity index (χ1v) is 9.26. The van der Waals surface area contributed by atoms with Crippen molar-refractivity contribution in [1.82, 2.24) is 15.0 Å². The number of hydrogen-bond donors (Lipinski definition) is 1. The van der Waals surface area contributed by atoms with Crippen molar-refractivity contribution in [3.63, 3.8) is 0 Å². The van der Waals surface area contributed by atoms with Gasteiger partial charge in [-0.3, -0.25) is 0 Å². The fraction of sp³-hybridized carbons (Fsp3) is 0. The second-order valence-electron chi connectivity index (χ2n) is 6.07. The van der Waals surface area contributed by atoms with Gasteiger partial charge in [0.15, 0.2) is 5.82 Å². The summed E-state index contributed by atoms with van der Waals surface area (Å²) < 4.78 is 0. The van der Waals surface area contributed by atoms with E-state index in [1.165, 1.54) is 9.79 Å². The molecule has 2 aromatic heterocycles. The zero-order valence-corrected chi connectivity index (χ0v) is 14.7. The van der Waals surface area contributed by atoms with Gasteiger partial charge in [0.1, 0.15) is 5.69 Å². The molecule has 3 aromatic carbocycles. The van der Waals surface area contributed by atoms with Gasteiger partial charge in [-0.15, -0.1) is 0 Å². The second kappa shape index (κ2) is 6.32. The van der Waals surface area contributed by atoms with Gasteiger partial charge < -0.3 is 4.98 Å². The third-order valence-electron chi connectivity index (χ3n) is 4.27. The standard InChI is InChI=1S/C22H15N3S/c1-2-7-16(8-3-1)26-17-11-13-19-21(14-17)25-22(24-19)20-12-10-15-6-4-5-9-18(15)23-20/h1-14H,(H,24,25). The highest BCUT2D eigenvalue weighted by Gasteiger charge is 2.08. The minimum absolute atomic E-state index is 0.799. The Hall–Kier alpha value is -3.11. The van der Waals surface area contributed by atoms with E-state index in [9.17, 15) is 0 Å². The highest BCUT2D eigenvalue weighted by Crippen LogP contribution is 2.30. The predicted molar refractivity (Wildman–Crippen MR) is 107 cm³/mol. The summed E-state index contributed by atoms with van der Waals surface area (Å²) in [7, 11) is 0. The molecule has 1 N–H and O–H groups in total. The maximum Gasteiger partial charge on any atom is 0.157 e. The van der Waals surface area contributed by atoms with Gasteiger partial charge in [-0.1, -0.05) is 54.2 Å². The Morgan fingerprint density at radius 3 is 2.42 bits per heavy atom. The number of H-pyrrole nitrogens is 1. The first kappa shape index (κ1) is 15.2. The molecule has 0 saturated heterocycles. The molecule has 0 aliphatic heterocycles. The van der Waals surface area contributed by atoms with Crippen LogP contribution in [-0.4, -0.2) is 15.0 Å². The van der Waals surface area contributed by atoms with Crippen molar-refractivity contribution < 1.29 is 0 Å². The van der Waals surface area contributed by atoms with Gasteiger partial charge in [0.2, 0.25) is 0 Å². The van der Waals surface area contributed by atoms with Gasteiger partial charge >= 0.3 is 0 Å². The molecule has 0 unspecified atom stereocenters. The van der Waals surface area contributed by atoms with E-state index < -0.39 is 0 Å². The van der Waals surface area contributed by atoms with Crippen molar-refractivity contribution in [2.75, 3.05) is 0 Å². The van der Waals surface area contributed by atoms with Crippen molar-refractivity contribution >= 4 is 33.7 Å². The van der Waals surface area contributed by atoms with Crippen molar-refractivity contribution in [1.29, 1.82) is 0 Å². The minimum atomic E-state index is 0.799. The van der Waals surface area contributed by atoms with Gasteiger partial charge in [0.05, 0.1) is 16.6 Å². The summed E-state index contributed by atoms with van der Waals surface area (Å²) in [6.07, 6.45) is 0. The Kier molecular flexibility index (Phi) is 3.68. The number of rotatable bonds is 3. The van der Waals surface area contributed by atoms with E-state index in [1.807, 2.05) is 30.3 Å². The third-order valence-corrected chi connectivity index (χ3v) is 5.27. The van der Waals surface area contributed by atoms with E-state index in [0.717, 1.165) is 33.5 Å². The largest absolute Gasteiger partial charge is 0.337 e. The normalized spacial score (nSPS) is 11.2. The lowest BCUT2D eigenvalue weighted by Crippen LogP contribution is -1.86. The zero-order chi connectivity index (χ0) is 17.3. The number of para-hydroxylation sites is 1. The molecular formula is C22H15N3S. The summed E-state index contributed by atoms with van der Waals surface area (Å²) in [4.78, 5) is 15.3. The SMILES string of the molecule is c1ccc(Sc2ccc3nc(-c4ccc5ccccc5n4)[nH]c3c2)cc1. The molecule has 0 fully saturated rings. The van der Waals surface area contributed by atoms with Crippen LogP contribution in [-0.2, 0) is 0 Å². The van der Waals surface area contributed by atoms with Crippen molar-refractivity contribution in [2.24, 2.45) is 0 Å². The number of pyridine rings is 1. The summed E-state index contributed by atoms with van der Waals surface area (Å²) in [6, 6.07) is 28.9. The van der Waals surface area contributed by atoms with E-state index in [1.54, 1.807) is 11.8 Å². The maximum atomic E-state index is 4.73. The van der Waals surface area contributed by atoms with Crippen molar-refractivity contribution in [2.45, 2.75) is 9.79 Å². The predicted octanol–water partition coefficient (Wildman–Crippen LogP) is 5.93. The Bertz CT molecular complexity index is 1210. The van der Waals surface area contributed by atoms with Crippen LogP contribution in [0.15, 0.2) is 94.7 Å². The Labute approximate surface area is 155 Å². The van der Waals surface area contributed by atoms with Crippen LogP contribution in [0.4, 0.5) is 0 Å². The first-order chi connectivity index (χ1) is 12.8. The highest BCUT2D eigenvalue weighted by molar-refractivity contribution is 7.99. The monoisotopic (exact) mass is 353 g/mol. The fourth-order valence-electron chi connectivity index (χ4n) is 3.00. The van der Waals surface area contributed by atoms with E-state index in [0.29, 0.717) is 0 Å². The average molecular weight is 353 g/mol. The molecule has 4 heteroatoms. The molecule has 2 heterocycles. The summed E-state index contributed by atoms with van der Waals surface area (Å²) in [6.45, 7) is 0. The number of fused-ring (bicyclic) bond motifs is 2. The van der Waals surface area contributed by atoms with E-state index in [-0.39, 0.29) is 0 Å². The Balaban J connectivity index is 1.52. The second-order valence-corrected chi connectivity index (χ2v) is 7.22. The lowest BCUT2D eigenvalue weighted by Gasteiger charge is -2.01. The zero-order valence-electron chi connectivity index (χ0n) is 13.9. The minimum Gasteiger partial charge on any atom is -0.337 e. The van der Waals surface area contributed by atoms with Gasteiger partial charge in [-0.2, -0.15) is 0 Å². The molecule has 0 radical (unpaired) electrons. The molecule has 0 aliphatic carbocycles. The van der Waals surface area contributed by atoms with Crippen LogP contribution < -0.4 is 0 Å². The van der Waals surface area contributed by atoms with Gasteiger partial charge in [-0.05, 0) is 42.5 Å². The topological polar surface area (TPSA) is 41.6 Å². The summed E-state index contributed by atoms with van der Waals surface area (Å²) in [5.74, 6) is 0.799. The van der Waals surface area contributed by atoms with Crippen LogP contribution in [0, 0.1) is 0 Å². The van der Waals surface area contributed by atoms with Crippen LogP contribution in [0.5, 0.6) is 0 Å². The Morgan fingerprint density at radius 1 is 0.654 bits per heavy atom. The molecule has 0 spiro atoms. The lowest BCUT2D eigenvalue weighted by atomic mass is 10.2. The summed E-state index contributed by atoms with van der Waals surface area (Å²) in [5.41, 5.74) is 3.81. The fourth-order valence-corrected chi connectivity index (χ4v) is 3.87. The number of imidazole rings is 1. The molecule has 26 heavy (non-hydrogen) atoms. The smallest absolute Gasteiger partial charge is 0.157 e. The third kappa shape index (κ3) is 2.85. The van der Waals surface area contributed by atoms with Crippen LogP contribution in [0.25, 0.3) is 33.5 Å². The highest BCUT2D eigenvalue weighted by atomic mass is 32.2. The van der Waals surface area contributed by atoms with Gasteiger partial charge in [0, 0.05) is 15.2 Å². The Morgan fingerprint density at radius 2 is 1.50 bits per heavy atom. The first-order valence-electron chi connectivity index (χ1n) is 8.44. The van der Waals surface area contributed by atoms with Gasteiger partial charge in [-0.25, -0.2) is 9.97 Å². The average Bonchev–Trinajstić information content (AvgIpc) is 3.12. The van der Waals surface area contributed by atoms with Crippen LogP contribution in [0.3, 0.4) is 0 Å². The molecule has 5 aromatic rings. The number of aromatic amines is 1. The maximum absolute atomic E-state index is 4.73. The van der Waals surface area contributed by atoms with Crippen LogP contribution in [0.1, 0.15) is 0 Å². The molecule has 3 nitrogen and oxygen atoms in total. The summed E-state index contributed by atoms with van der Waals surface area (Å²) >= 11 is 1.75. The lowest BCUT2D eigenvalue weighted by molar-refractivity contribution is 1.27. The van der Waals surface area contributed by atoms with E-state index in [4.69, 9.17) is 9.97 Å². The van der Waals surface area contributed by atoms with Crippen molar-refractivity contribution in [3.8, 4) is 11.5 Å². The number of nitrogens with zero attached hydrogens (tertiary/aromatic N) is 2.